The minimum Gasteiger partial charge on any atom is -0.305 e. The van der Waals surface area contributed by atoms with Crippen molar-refractivity contribution in [1.82, 2.24) is 19.9 Å². The fourth-order valence-electron chi connectivity index (χ4n) is 2.32. The molecule has 104 valence electrons. The van der Waals surface area contributed by atoms with Crippen LogP contribution in [0.1, 0.15) is 52.4 Å². The molecule has 1 N–H and O–H groups in total. The second-order valence-electron chi connectivity index (χ2n) is 5.75. The Labute approximate surface area is 115 Å². The van der Waals surface area contributed by atoms with Gasteiger partial charge in [-0.15, -0.1) is 10.2 Å². The van der Waals surface area contributed by atoms with Gasteiger partial charge in [0.15, 0.2) is 11.5 Å². The van der Waals surface area contributed by atoms with Crippen LogP contribution in [-0.4, -0.2) is 20.6 Å². The summed E-state index contributed by atoms with van der Waals surface area (Å²) in [4.78, 5) is 0. The molecule has 2 aromatic heterocycles. The molecule has 0 saturated carbocycles. The highest BCUT2D eigenvalue weighted by Crippen LogP contribution is 2.14. The topological polar surface area (TPSA) is 42.2 Å². The number of nitrogens with one attached hydrogen (secondary N) is 1. The first kappa shape index (κ1) is 14.0. The maximum atomic E-state index is 4.29. The molecule has 0 saturated heterocycles. The summed E-state index contributed by atoms with van der Waals surface area (Å²) in [6.07, 6.45) is 4.46. The number of hydrogen-bond donors (Lipinski definition) is 1. The highest BCUT2D eigenvalue weighted by atomic mass is 15.3. The number of aromatic nitrogens is 3. The molecule has 2 heterocycles. The Kier molecular flexibility index (Phi) is 4.53. The summed E-state index contributed by atoms with van der Waals surface area (Å²) in [6, 6.07) is 6.67. The largest absolute Gasteiger partial charge is 0.305 e. The highest BCUT2D eigenvalue weighted by Gasteiger charge is 2.15. The van der Waals surface area contributed by atoms with E-state index >= 15 is 0 Å². The van der Waals surface area contributed by atoms with Crippen molar-refractivity contribution in [1.29, 1.82) is 0 Å². The highest BCUT2D eigenvalue weighted by molar-refractivity contribution is 5.37. The van der Waals surface area contributed by atoms with E-state index in [1.165, 1.54) is 12.8 Å². The van der Waals surface area contributed by atoms with E-state index in [0.29, 0.717) is 6.04 Å². The lowest BCUT2D eigenvalue weighted by molar-refractivity contribution is 0.407. The van der Waals surface area contributed by atoms with Gasteiger partial charge in [0, 0.05) is 12.2 Å². The van der Waals surface area contributed by atoms with E-state index in [-0.39, 0.29) is 6.04 Å². The van der Waals surface area contributed by atoms with E-state index in [0.717, 1.165) is 17.4 Å². The Morgan fingerprint density at radius 2 is 1.89 bits per heavy atom. The fraction of sp³-hybridized carbons (Fsp3) is 0.600. The summed E-state index contributed by atoms with van der Waals surface area (Å²) in [5.41, 5.74) is 0.904. The minimum atomic E-state index is 0.208. The lowest BCUT2D eigenvalue weighted by Gasteiger charge is -2.19. The van der Waals surface area contributed by atoms with Crippen LogP contribution in [0.5, 0.6) is 0 Å². The van der Waals surface area contributed by atoms with Crippen molar-refractivity contribution in [2.75, 3.05) is 0 Å². The van der Waals surface area contributed by atoms with E-state index < -0.39 is 0 Å². The van der Waals surface area contributed by atoms with E-state index in [4.69, 9.17) is 0 Å². The second-order valence-corrected chi connectivity index (χ2v) is 5.75. The van der Waals surface area contributed by atoms with Crippen molar-refractivity contribution in [3.8, 4) is 0 Å². The summed E-state index contributed by atoms with van der Waals surface area (Å²) < 4.78 is 2.05. The Balaban J connectivity index is 2.01. The van der Waals surface area contributed by atoms with E-state index in [2.05, 4.69) is 43.2 Å². The summed E-state index contributed by atoms with van der Waals surface area (Å²) in [5, 5.41) is 12.1. The average Bonchev–Trinajstić information content (AvgIpc) is 2.80. The third-order valence-corrected chi connectivity index (χ3v) is 3.44. The van der Waals surface area contributed by atoms with Crippen LogP contribution in [0.4, 0.5) is 0 Å². The fourth-order valence-corrected chi connectivity index (χ4v) is 2.32. The summed E-state index contributed by atoms with van der Waals surface area (Å²) in [6.45, 7) is 8.92. The number of fused-ring (bicyclic) bond motifs is 1. The first-order valence-electron chi connectivity index (χ1n) is 7.13. The average molecular weight is 260 g/mol. The van der Waals surface area contributed by atoms with Crippen molar-refractivity contribution in [3.05, 3.63) is 30.2 Å². The predicted octanol–water partition coefficient (Wildman–Crippen LogP) is 3.20. The molecule has 19 heavy (non-hydrogen) atoms. The molecule has 2 unspecified atom stereocenters. The number of nitrogens with zero attached hydrogens (tertiary/aromatic N) is 3. The molecule has 4 heteroatoms. The molecular formula is C15H24N4. The Hall–Kier alpha value is -1.42. The van der Waals surface area contributed by atoms with Gasteiger partial charge in [0.2, 0.25) is 0 Å². The number of pyridine rings is 1. The van der Waals surface area contributed by atoms with Crippen molar-refractivity contribution >= 4 is 5.65 Å². The number of hydrogen-bond acceptors (Lipinski definition) is 3. The van der Waals surface area contributed by atoms with Crippen molar-refractivity contribution in [2.45, 2.75) is 52.6 Å². The molecule has 2 atom stereocenters. The molecule has 0 bridgehead atoms. The van der Waals surface area contributed by atoms with Gasteiger partial charge in [0.05, 0.1) is 6.04 Å². The van der Waals surface area contributed by atoms with Gasteiger partial charge >= 0.3 is 0 Å². The summed E-state index contributed by atoms with van der Waals surface area (Å²) >= 11 is 0. The SMILES string of the molecule is CC(C)CCC(C)NC(C)c1nnc2ccccn12. The van der Waals surface area contributed by atoms with Gasteiger partial charge in [-0.05, 0) is 44.7 Å². The molecule has 2 aromatic rings. The van der Waals surface area contributed by atoms with E-state index in [1.807, 2.05) is 28.8 Å². The lowest BCUT2D eigenvalue weighted by atomic mass is 10.0. The van der Waals surface area contributed by atoms with Crippen LogP contribution in [-0.2, 0) is 0 Å². The van der Waals surface area contributed by atoms with Crippen molar-refractivity contribution in [3.63, 3.8) is 0 Å². The minimum absolute atomic E-state index is 0.208. The predicted molar refractivity (Wildman–Crippen MR) is 78.1 cm³/mol. The first-order valence-corrected chi connectivity index (χ1v) is 7.13. The molecule has 0 amide bonds. The van der Waals surface area contributed by atoms with Gasteiger partial charge in [-0.1, -0.05) is 19.9 Å². The molecule has 0 aliphatic rings. The van der Waals surface area contributed by atoms with Crippen molar-refractivity contribution in [2.24, 2.45) is 5.92 Å². The normalized spacial score (nSPS) is 15.0. The van der Waals surface area contributed by atoms with E-state index in [1.54, 1.807) is 0 Å². The van der Waals surface area contributed by atoms with Crippen LogP contribution in [0.15, 0.2) is 24.4 Å². The van der Waals surface area contributed by atoms with Crippen LogP contribution in [0.2, 0.25) is 0 Å². The van der Waals surface area contributed by atoms with Crippen molar-refractivity contribution < 1.29 is 0 Å². The molecule has 4 nitrogen and oxygen atoms in total. The van der Waals surface area contributed by atoms with Crippen LogP contribution < -0.4 is 5.32 Å². The van der Waals surface area contributed by atoms with E-state index in [9.17, 15) is 0 Å². The summed E-state index contributed by atoms with van der Waals surface area (Å²) in [5.74, 6) is 1.74. The van der Waals surface area contributed by atoms with Gasteiger partial charge in [-0.25, -0.2) is 0 Å². The molecule has 0 fully saturated rings. The van der Waals surface area contributed by atoms with Crippen LogP contribution in [0, 0.1) is 5.92 Å². The van der Waals surface area contributed by atoms with Crippen LogP contribution in [0.25, 0.3) is 5.65 Å². The molecule has 0 aromatic carbocycles. The van der Waals surface area contributed by atoms with Gasteiger partial charge in [0.1, 0.15) is 0 Å². The van der Waals surface area contributed by atoms with Gasteiger partial charge in [-0.3, -0.25) is 4.40 Å². The Bertz CT molecular complexity index is 518. The zero-order valence-corrected chi connectivity index (χ0v) is 12.3. The molecule has 0 aliphatic carbocycles. The third kappa shape index (κ3) is 3.53. The maximum absolute atomic E-state index is 4.29. The standard InChI is InChI=1S/C15H24N4/c1-11(2)8-9-12(3)16-13(4)15-18-17-14-7-5-6-10-19(14)15/h5-7,10-13,16H,8-9H2,1-4H3. The quantitative estimate of drug-likeness (QED) is 0.867. The smallest absolute Gasteiger partial charge is 0.160 e. The maximum Gasteiger partial charge on any atom is 0.160 e. The number of rotatable bonds is 6. The Morgan fingerprint density at radius 1 is 1.11 bits per heavy atom. The van der Waals surface area contributed by atoms with Crippen LogP contribution in [0.3, 0.4) is 0 Å². The first-order chi connectivity index (χ1) is 9.08. The molecule has 0 radical (unpaired) electrons. The molecule has 0 spiro atoms. The summed E-state index contributed by atoms with van der Waals surface area (Å²) in [7, 11) is 0. The zero-order chi connectivity index (χ0) is 13.8. The zero-order valence-electron chi connectivity index (χ0n) is 12.3. The molecular weight excluding hydrogens is 236 g/mol. The van der Waals surface area contributed by atoms with Gasteiger partial charge in [-0.2, -0.15) is 0 Å². The molecule has 0 aliphatic heterocycles. The third-order valence-electron chi connectivity index (χ3n) is 3.44. The van der Waals surface area contributed by atoms with Gasteiger partial charge in [0.25, 0.3) is 0 Å². The Morgan fingerprint density at radius 3 is 2.63 bits per heavy atom. The molecule has 2 rings (SSSR count). The van der Waals surface area contributed by atoms with Gasteiger partial charge < -0.3 is 5.32 Å². The van der Waals surface area contributed by atoms with Crippen LogP contribution >= 0.6 is 0 Å². The lowest BCUT2D eigenvalue weighted by Crippen LogP contribution is -2.30. The monoisotopic (exact) mass is 260 g/mol. The second kappa shape index (κ2) is 6.15.